The third-order valence-electron chi connectivity index (χ3n) is 3.28. The highest BCUT2D eigenvalue weighted by molar-refractivity contribution is 5.79. The van der Waals surface area contributed by atoms with Crippen LogP contribution in [0.5, 0.6) is 0 Å². The number of hydrogen-bond donors (Lipinski definition) is 2. The van der Waals surface area contributed by atoms with Crippen molar-refractivity contribution in [1.82, 2.24) is 15.3 Å². The van der Waals surface area contributed by atoms with Crippen LogP contribution in [-0.2, 0) is 17.6 Å². The fraction of sp³-hybridized carbons (Fsp3) is 0.636. The molecule has 1 fully saturated rings. The fourth-order valence-corrected chi connectivity index (χ4v) is 2.17. The lowest BCUT2D eigenvalue weighted by atomic mass is 9.89. The van der Waals surface area contributed by atoms with E-state index >= 15 is 0 Å². The maximum atomic E-state index is 11.8. The Labute approximate surface area is 88.5 Å². The van der Waals surface area contributed by atoms with Gasteiger partial charge < -0.3 is 10.3 Å². The standard InChI is InChI=1S/C11H15N3O/c15-11(14-8-2-3-8)7-1-4-9-10(5-7)13-6-12-9/h6-8H,1-5H2,(H,12,13)(H,14,15)/t7-/m1/s1. The first-order valence-corrected chi connectivity index (χ1v) is 5.64. The van der Waals surface area contributed by atoms with Crippen LogP contribution < -0.4 is 5.32 Å². The summed E-state index contributed by atoms with van der Waals surface area (Å²) >= 11 is 0. The first-order chi connectivity index (χ1) is 7.33. The summed E-state index contributed by atoms with van der Waals surface area (Å²) in [6.07, 6.45) is 6.75. The molecule has 4 nitrogen and oxygen atoms in total. The van der Waals surface area contributed by atoms with Crippen LogP contribution in [-0.4, -0.2) is 21.9 Å². The van der Waals surface area contributed by atoms with Crippen molar-refractivity contribution >= 4 is 5.91 Å². The molecule has 2 aliphatic carbocycles. The Morgan fingerprint density at radius 1 is 1.47 bits per heavy atom. The molecule has 1 atom stereocenters. The SMILES string of the molecule is O=C(NC1CC1)[C@@H]1CCc2nc[nH]c2C1. The summed E-state index contributed by atoms with van der Waals surface area (Å²) in [5.41, 5.74) is 2.29. The summed E-state index contributed by atoms with van der Waals surface area (Å²) in [5.74, 6) is 0.385. The molecule has 4 heteroatoms. The van der Waals surface area contributed by atoms with Gasteiger partial charge in [-0.3, -0.25) is 4.79 Å². The van der Waals surface area contributed by atoms with E-state index in [9.17, 15) is 4.79 Å². The molecule has 0 unspecified atom stereocenters. The van der Waals surface area contributed by atoms with Crippen molar-refractivity contribution in [2.24, 2.45) is 5.92 Å². The van der Waals surface area contributed by atoms with Crippen molar-refractivity contribution < 1.29 is 4.79 Å². The van der Waals surface area contributed by atoms with Crippen LogP contribution in [0.25, 0.3) is 0 Å². The number of nitrogens with one attached hydrogen (secondary N) is 2. The van der Waals surface area contributed by atoms with Crippen LogP contribution in [0.15, 0.2) is 6.33 Å². The Morgan fingerprint density at radius 2 is 2.33 bits per heavy atom. The molecular weight excluding hydrogens is 190 g/mol. The molecule has 1 aromatic heterocycles. The molecule has 0 aliphatic heterocycles. The Bertz CT molecular complexity index is 381. The quantitative estimate of drug-likeness (QED) is 0.750. The molecular formula is C11H15N3O. The molecule has 1 saturated carbocycles. The van der Waals surface area contributed by atoms with Gasteiger partial charge in [0.05, 0.1) is 12.0 Å². The molecule has 15 heavy (non-hydrogen) atoms. The second-order valence-electron chi connectivity index (χ2n) is 4.55. The van der Waals surface area contributed by atoms with E-state index in [1.165, 1.54) is 0 Å². The molecule has 2 N–H and O–H groups in total. The van der Waals surface area contributed by atoms with Gasteiger partial charge in [0.15, 0.2) is 0 Å². The van der Waals surface area contributed by atoms with Gasteiger partial charge in [-0.05, 0) is 25.7 Å². The van der Waals surface area contributed by atoms with E-state index in [4.69, 9.17) is 0 Å². The fourth-order valence-electron chi connectivity index (χ4n) is 2.17. The lowest BCUT2D eigenvalue weighted by Crippen LogP contribution is -2.35. The normalized spacial score (nSPS) is 24.7. The minimum absolute atomic E-state index is 0.151. The second-order valence-corrected chi connectivity index (χ2v) is 4.55. The summed E-state index contributed by atoms with van der Waals surface area (Å²) in [6.45, 7) is 0. The zero-order chi connectivity index (χ0) is 10.3. The van der Waals surface area contributed by atoms with Gasteiger partial charge in [0.1, 0.15) is 0 Å². The van der Waals surface area contributed by atoms with Gasteiger partial charge in [0.2, 0.25) is 5.91 Å². The van der Waals surface area contributed by atoms with E-state index in [1.807, 2.05) is 0 Å². The van der Waals surface area contributed by atoms with Gasteiger partial charge >= 0.3 is 0 Å². The number of aromatic nitrogens is 2. The monoisotopic (exact) mass is 205 g/mol. The number of imidazole rings is 1. The summed E-state index contributed by atoms with van der Waals surface area (Å²) in [4.78, 5) is 19.2. The predicted molar refractivity (Wildman–Crippen MR) is 55.3 cm³/mol. The number of carbonyl (C=O) groups is 1. The minimum atomic E-state index is 0.151. The molecule has 3 rings (SSSR count). The molecule has 0 spiro atoms. The zero-order valence-electron chi connectivity index (χ0n) is 8.62. The molecule has 0 aromatic carbocycles. The summed E-state index contributed by atoms with van der Waals surface area (Å²) in [6, 6.07) is 0.473. The minimum Gasteiger partial charge on any atom is -0.353 e. The highest BCUT2D eigenvalue weighted by atomic mass is 16.2. The van der Waals surface area contributed by atoms with Crippen LogP contribution in [0.2, 0.25) is 0 Å². The number of rotatable bonds is 2. The molecule has 1 amide bonds. The Morgan fingerprint density at radius 3 is 3.13 bits per heavy atom. The van der Waals surface area contributed by atoms with Crippen LogP contribution in [0, 0.1) is 5.92 Å². The number of hydrogen-bond acceptors (Lipinski definition) is 2. The van der Waals surface area contributed by atoms with E-state index < -0.39 is 0 Å². The van der Waals surface area contributed by atoms with Crippen LogP contribution in [0.4, 0.5) is 0 Å². The number of aryl methyl sites for hydroxylation is 1. The van der Waals surface area contributed by atoms with E-state index in [-0.39, 0.29) is 11.8 Å². The average molecular weight is 205 g/mol. The number of nitrogens with zero attached hydrogens (tertiary/aromatic N) is 1. The maximum absolute atomic E-state index is 11.8. The van der Waals surface area contributed by atoms with E-state index in [2.05, 4.69) is 15.3 Å². The van der Waals surface area contributed by atoms with E-state index in [0.717, 1.165) is 43.5 Å². The third kappa shape index (κ3) is 1.76. The average Bonchev–Trinajstić information content (AvgIpc) is 2.94. The summed E-state index contributed by atoms with van der Waals surface area (Å²) < 4.78 is 0. The van der Waals surface area contributed by atoms with E-state index in [0.29, 0.717) is 6.04 Å². The molecule has 0 saturated heterocycles. The Kier molecular flexibility index (Phi) is 2.01. The molecule has 1 aromatic rings. The second kappa shape index (κ2) is 3.36. The lowest BCUT2D eigenvalue weighted by Gasteiger charge is -2.20. The van der Waals surface area contributed by atoms with Crippen LogP contribution >= 0.6 is 0 Å². The third-order valence-corrected chi connectivity index (χ3v) is 3.28. The number of amides is 1. The van der Waals surface area contributed by atoms with Crippen molar-refractivity contribution in [3.63, 3.8) is 0 Å². The Hall–Kier alpha value is -1.32. The molecule has 80 valence electrons. The van der Waals surface area contributed by atoms with Crippen LogP contribution in [0.3, 0.4) is 0 Å². The zero-order valence-corrected chi connectivity index (χ0v) is 8.62. The number of fused-ring (bicyclic) bond motifs is 1. The smallest absolute Gasteiger partial charge is 0.223 e. The first-order valence-electron chi connectivity index (χ1n) is 5.64. The van der Waals surface area contributed by atoms with Crippen LogP contribution in [0.1, 0.15) is 30.7 Å². The maximum Gasteiger partial charge on any atom is 0.223 e. The van der Waals surface area contributed by atoms with Gasteiger partial charge in [-0.25, -0.2) is 4.98 Å². The van der Waals surface area contributed by atoms with Crippen molar-refractivity contribution in [2.75, 3.05) is 0 Å². The first kappa shape index (κ1) is 8.95. The number of aromatic amines is 1. The van der Waals surface area contributed by atoms with Gasteiger partial charge in [-0.2, -0.15) is 0 Å². The van der Waals surface area contributed by atoms with Gasteiger partial charge in [0.25, 0.3) is 0 Å². The van der Waals surface area contributed by atoms with Gasteiger partial charge in [0, 0.05) is 24.1 Å². The van der Waals surface area contributed by atoms with Gasteiger partial charge in [-0.1, -0.05) is 0 Å². The van der Waals surface area contributed by atoms with Crippen molar-refractivity contribution in [3.8, 4) is 0 Å². The molecule has 0 radical (unpaired) electrons. The summed E-state index contributed by atoms with van der Waals surface area (Å²) in [7, 11) is 0. The highest BCUT2D eigenvalue weighted by Crippen LogP contribution is 2.25. The predicted octanol–water partition coefficient (Wildman–Crippen LogP) is 0.793. The van der Waals surface area contributed by atoms with E-state index in [1.54, 1.807) is 6.33 Å². The largest absolute Gasteiger partial charge is 0.353 e. The summed E-state index contributed by atoms with van der Waals surface area (Å²) in [5, 5.41) is 3.07. The van der Waals surface area contributed by atoms with Crippen molar-refractivity contribution in [2.45, 2.75) is 38.1 Å². The molecule has 2 aliphatic rings. The number of carbonyl (C=O) groups excluding carboxylic acids is 1. The molecule has 0 bridgehead atoms. The topological polar surface area (TPSA) is 57.8 Å². The van der Waals surface area contributed by atoms with Crippen molar-refractivity contribution in [3.05, 3.63) is 17.7 Å². The van der Waals surface area contributed by atoms with Gasteiger partial charge in [-0.15, -0.1) is 0 Å². The highest BCUT2D eigenvalue weighted by Gasteiger charge is 2.30. The van der Waals surface area contributed by atoms with Crippen molar-refractivity contribution in [1.29, 1.82) is 0 Å². The molecule has 1 heterocycles. The number of H-pyrrole nitrogens is 1. The Balaban J connectivity index is 1.66. The lowest BCUT2D eigenvalue weighted by molar-refractivity contribution is -0.125.